The van der Waals surface area contributed by atoms with Gasteiger partial charge < -0.3 is 40.6 Å². The highest BCUT2D eigenvalue weighted by atomic mass is 19.1. The van der Waals surface area contributed by atoms with Gasteiger partial charge >= 0.3 is 18.2 Å². The number of ether oxygens (including phenoxy) is 2. The molecule has 19 heteroatoms. The molecule has 0 spiro atoms. The Morgan fingerprint density at radius 3 is 1.74 bits per heavy atom. The number of nitrogen functional groups attached to an aromatic ring is 2. The third-order valence-electron chi connectivity index (χ3n) is 8.36. The number of carbonyl (C=O) groups excluding carboxylic acids is 3. The van der Waals surface area contributed by atoms with Crippen molar-refractivity contribution in [2.45, 2.75) is 26.9 Å². The number of nitrogens with zero attached hydrogens (tertiary/aromatic N) is 6. The number of hydrogen-bond acceptors (Lipinski definition) is 12. The summed E-state index contributed by atoms with van der Waals surface area (Å²) in [6.07, 6.45) is -0.619. The molecule has 2 aromatic heterocycles. The van der Waals surface area contributed by atoms with Gasteiger partial charge in [0.25, 0.3) is 0 Å². The van der Waals surface area contributed by atoms with Gasteiger partial charge in [-0.15, -0.1) is 0 Å². The van der Waals surface area contributed by atoms with Gasteiger partial charge in [0, 0.05) is 83.3 Å². The van der Waals surface area contributed by atoms with Gasteiger partial charge in [-0.2, -0.15) is 5.10 Å². The van der Waals surface area contributed by atoms with Gasteiger partial charge in [-0.3, -0.25) is 20.2 Å². The van der Waals surface area contributed by atoms with E-state index in [0.29, 0.717) is 63.9 Å². The second-order valence-electron chi connectivity index (χ2n) is 12.5. The first-order valence-electron chi connectivity index (χ1n) is 17.0. The van der Waals surface area contributed by atoms with Gasteiger partial charge in [0.15, 0.2) is 5.82 Å². The molecule has 4 heterocycles. The standard InChI is InChI=1S/C18H22FN5O4.C13H18FN3O2.C4H7N3/c1-12-9-16(22-28-12)21-17(25)20-15-10-13(3-4-14(15)19)11-23-5-7-24(8-6-23)18(26)27-2;1-19-13(18)17-6-4-16(5-7-17)9-10-2-3-11(14)12(15)8-10;1-3-2-4(5)7-6-3/h3-4,9-10H,5-8,11H2,1-2H3,(H2,20,21,22,25);2-3,8H,4-7,9,15H2,1H3;2H,1H3,(H3,5,6,7). The number of amides is 4. The number of aromatic nitrogens is 3. The predicted molar refractivity (Wildman–Crippen MR) is 197 cm³/mol. The molecule has 0 atom stereocenters. The minimum absolute atomic E-state index is 0.0726. The van der Waals surface area contributed by atoms with Crippen molar-refractivity contribution >= 4 is 41.2 Å². The van der Waals surface area contributed by atoms with E-state index in [0.717, 1.165) is 29.9 Å². The van der Waals surface area contributed by atoms with Crippen LogP contribution in [-0.2, 0) is 22.6 Å². The van der Waals surface area contributed by atoms with E-state index in [-0.39, 0.29) is 35.2 Å². The van der Waals surface area contributed by atoms with Crippen LogP contribution in [0.15, 0.2) is 53.1 Å². The fourth-order valence-electron chi connectivity index (χ4n) is 5.54. The third kappa shape index (κ3) is 12.6. The summed E-state index contributed by atoms with van der Waals surface area (Å²) in [5, 5.41) is 15.0. The molecule has 0 radical (unpaired) electrons. The smallest absolute Gasteiger partial charge is 0.409 e. The molecule has 4 amide bonds. The molecular formula is C35H47F2N11O6. The van der Waals surface area contributed by atoms with E-state index in [2.05, 4.69) is 40.5 Å². The number of hydrogen-bond donors (Lipinski definition) is 5. The molecule has 2 aliphatic heterocycles. The summed E-state index contributed by atoms with van der Waals surface area (Å²) >= 11 is 0. The number of methoxy groups -OCH3 is 2. The Hall–Kier alpha value is -5.95. The van der Waals surface area contributed by atoms with Crippen molar-refractivity contribution in [2.75, 3.05) is 88.7 Å². The van der Waals surface area contributed by atoms with Gasteiger partial charge in [0.2, 0.25) is 0 Å². The maximum atomic E-state index is 14.1. The summed E-state index contributed by atoms with van der Waals surface area (Å²) in [6.45, 7) is 10.2. The van der Waals surface area contributed by atoms with E-state index in [4.69, 9.17) is 20.7 Å². The average molecular weight is 756 g/mol. The molecule has 0 bridgehead atoms. The maximum Gasteiger partial charge on any atom is 0.409 e. The lowest BCUT2D eigenvalue weighted by Crippen LogP contribution is -2.48. The summed E-state index contributed by atoms with van der Waals surface area (Å²) in [5.41, 5.74) is 13.8. The molecule has 292 valence electrons. The molecule has 0 aliphatic carbocycles. The zero-order valence-corrected chi connectivity index (χ0v) is 30.7. The summed E-state index contributed by atoms with van der Waals surface area (Å²) < 4.78 is 41.4. The maximum absolute atomic E-state index is 14.1. The molecule has 0 saturated carbocycles. The summed E-state index contributed by atoms with van der Waals surface area (Å²) in [6, 6.07) is 12.1. The summed E-state index contributed by atoms with van der Waals surface area (Å²) in [4.78, 5) is 42.6. The SMILES string of the molecule is COC(=O)N1CCN(Cc2ccc(F)c(N)c2)CC1.COC(=O)N1CCN(Cc2ccc(F)c(NC(=O)Nc3cc(C)on3)c2)CC1.Cc1cc(N)n[nH]1. The van der Waals surface area contributed by atoms with Crippen LogP contribution >= 0.6 is 0 Å². The molecule has 6 rings (SSSR count). The van der Waals surface area contributed by atoms with Crippen LogP contribution in [0, 0.1) is 25.5 Å². The van der Waals surface area contributed by atoms with Crippen LogP contribution < -0.4 is 22.1 Å². The van der Waals surface area contributed by atoms with Crippen LogP contribution in [0.25, 0.3) is 0 Å². The van der Waals surface area contributed by atoms with E-state index in [1.165, 1.54) is 26.4 Å². The normalized spacial score (nSPS) is 14.6. The zero-order valence-electron chi connectivity index (χ0n) is 30.7. The van der Waals surface area contributed by atoms with Crippen molar-refractivity contribution < 1.29 is 37.2 Å². The number of carbonyl (C=O) groups is 3. The topological polar surface area (TPSA) is 213 Å². The molecule has 17 nitrogen and oxygen atoms in total. The van der Waals surface area contributed by atoms with Crippen LogP contribution in [0.2, 0.25) is 0 Å². The number of halogens is 2. The van der Waals surface area contributed by atoms with Crippen molar-refractivity contribution in [2.24, 2.45) is 0 Å². The fraction of sp³-hybridized carbons (Fsp3) is 0.400. The summed E-state index contributed by atoms with van der Waals surface area (Å²) in [5.74, 6) is 0.424. The lowest BCUT2D eigenvalue weighted by atomic mass is 10.1. The monoisotopic (exact) mass is 755 g/mol. The number of benzene rings is 2. The first-order valence-corrected chi connectivity index (χ1v) is 17.0. The van der Waals surface area contributed by atoms with E-state index in [1.807, 2.05) is 6.92 Å². The molecule has 2 aliphatic rings. The highest BCUT2D eigenvalue weighted by Crippen LogP contribution is 2.19. The Labute approximate surface area is 311 Å². The Bertz CT molecular complexity index is 1820. The largest absolute Gasteiger partial charge is 0.453 e. The van der Waals surface area contributed by atoms with Gasteiger partial charge in [-0.05, 0) is 49.2 Å². The number of nitrogens with two attached hydrogens (primary N) is 2. The van der Waals surface area contributed by atoms with E-state index in [9.17, 15) is 23.2 Å². The Morgan fingerprint density at radius 2 is 1.31 bits per heavy atom. The quantitative estimate of drug-likeness (QED) is 0.175. The van der Waals surface area contributed by atoms with Crippen LogP contribution in [-0.4, -0.2) is 120 Å². The molecular weight excluding hydrogens is 708 g/mol. The number of urea groups is 1. The highest BCUT2D eigenvalue weighted by Gasteiger charge is 2.23. The second kappa shape index (κ2) is 19.8. The molecule has 2 saturated heterocycles. The van der Waals surface area contributed by atoms with Gasteiger partial charge in [-0.25, -0.2) is 23.2 Å². The van der Waals surface area contributed by atoms with Crippen LogP contribution in [0.5, 0.6) is 0 Å². The zero-order chi connectivity index (χ0) is 39.2. The molecule has 2 aromatic carbocycles. The van der Waals surface area contributed by atoms with Crippen molar-refractivity contribution in [3.8, 4) is 0 Å². The average Bonchev–Trinajstić information content (AvgIpc) is 3.76. The van der Waals surface area contributed by atoms with E-state index in [1.54, 1.807) is 53.1 Å². The second-order valence-corrected chi connectivity index (χ2v) is 12.5. The first kappa shape index (κ1) is 40.8. The number of anilines is 4. The highest BCUT2D eigenvalue weighted by molar-refractivity contribution is 5.99. The molecule has 2 fully saturated rings. The molecule has 4 aromatic rings. The number of H-pyrrole nitrogens is 1. The van der Waals surface area contributed by atoms with Crippen molar-refractivity contribution in [3.63, 3.8) is 0 Å². The number of piperazine rings is 2. The number of rotatable bonds is 6. The lowest BCUT2D eigenvalue weighted by molar-refractivity contribution is 0.0884. The minimum Gasteiger partial charge on any atom is -0.453 e. The molecule has 54 heavy (non-hydrogen) atoms. The Morgan fingerprint density at radius 1 is 0.778 bits per heavy atom. The van der Waals surface area contributed by atoms with Crippen LogP contribution in [0.1, 0.15) is 22.6 Å². The third-order valence-corrected chi connectivity index (χ3v) is 8.36. The Balaban J connectivity index is 0.000000214. The van der Waals surface area contributed by atoms with E-state index < -0.39 is 11.8 Å². The molecule has 7 N–H and O–H groups in total. The van der Waals surface area contributed by atoms with Gasteiger partial charge in [0.1, 0.15) is 23.2 Å². The van der Waals surface area contributed by atoms with E-state index >= 15 is 0 Å². The predicted octanol–water partition coefficient (Wildman–Crippen LogP) is 4.24. The van der Waals surface area contributed by atoms with Crippen molar-refractivity contribution in [3.05, 3.63) is 82.7 Å². The number of nitrogens with one attached hydrogen (secondary N) is 3. The Kier molecular flexibility index (Phi) is 14.9. The fourth-order valence-corrected chi connectivity index (χ4v) is 5.54. The first-order chi connectivity index (χ1) is 25.8. The van der Waals surface area contributed by atoms with Gasteiger partial charge in [-0.1, -0.05) is 17.3 Å². The van der Waals surface area contributed by atoms with Crippen molar-refractivity contribution in [1.29, 1.82) is 0 Å². The number of aryl methyl sites for hydroxylation is 2. The number of aromatic amines is 1. The van der Waals surface area contributed by atoms with Gasteiger partial charge in [0.05, 0.1) is 25.6 Å². The van der Waals surface area contributed by atoms with Crippen molar-refractivity contribution in [1.82, 2.24) is 35.0 Å². The van der Waals surface area contributed by atoms with Crippen LogP contribution in [0.4, 0.5) is 46.2 Å². The summed E-state index contributed by atoms with van der Waals surface area (Å²) in [7, 11) is 2.75. The molecule has 0 unspecified atom stereocenters. The van der Waals surface area contributed by atoms with Crippen LogP contribution in [0.3, 0.4) is 0 Å². The minimum atomic E-state index is -0.615. The lowest BCUT2D eigenvalue weighted by Gasteiger charge is -2.33.